The van der Waals surface area contributed by atoms with Crippen molar-refractivity contribution in [2.45, 2.75) is 26.2 Å². The average molecular weight is 365 g/mol. The van der Waals surface area contributed by atoms with Gasteiger partial charge in [0.15, 0.2) is 0 Å². The zero-order chi connectivity index (χ0) is 15.3. The lowest BCUT2D eigenvalue weighted by Crippen LogP contribution is -2.19. The number of aryl methyl sites for hydroxylation is 1. The number of benzene rings is 1. The maximum Gasteiger partial charge on any atom is 0.0705 e. The standard InChI is InChI=1S/C20H24N2.2ClH/c1-13-4-5-15-11-17(8-9-19(15)21-13)20-16-7-6-14(10-16)18(20)12-22(2)3;;/h4-5,8-9,11,14,16H,6-7,10,12H2,1-3H3;2*1H. The molecule has 0 amide bonds. The Labute approximate surface area is 157 Å². The van der Waals surface area contributed by atoms with E-state index < -0.39 is 0 Å². The fraction of sp³-hybridized carbons (Fsp3) is 0.450. The Morgan fingerprint density at radius 1 is 1.04 bits per heavy atom. The third-order valence-electron chi connectivity index (χ3n) is 5.31. The first-order chi connectivity index (χ1) is 10.6. The van der Waals surface area contributed by atoms with Crippen LogP contribution in [0.15, 0.2) is 35.9 Å². The molecule has 2 unspecified atom stereocenters. The number of nitrogens with zero attached hydrogens (tertiary/aromatic N) is 2. The summed E-state index contributed by atoms with van der Waals surface area (Å²) in [7, 11) is 4.37. The summed E-state index contributed by atoms with van der Waals surface area (Å²) in [6.07, 6.45) is 4.15. The van der Waals surface area contributed by atoms with Crippen LogP contribution < -0.4 is 0 Å². The highest BCUT2D eigenvalue weighted by atomic mass is 35.5. The van der Waals surface area contributed by atoms with Gasteiger partial charge in [-0.05, 0) is 87.0 Å². The molecule has 2 nitrogen and oxygen atoms in total. The SMILES string of the molecule is Cc1ccc2cc(C3=C(CN(C)C)C4CCC3C4)ccc2n1.Cl.Cl. The summed E-state index contributed by atoms with van der Waals surface area (Å²) in [5.74, 6) is 1.62. The number of rotatable bonds is 3. The predicted molar refractivity (Wildman–Crippen MR) is 107 cm³/mol. The van der Waals surface area contributed by atoms with E-state index in [2.05, 4.69) is 61.2 Å². The molecule has 2 bridgehead atoms. The molecule has 4 rings (SSSR count). The number of halogens is 2. The van der Waals surface area contributed by atoms with Crippen LogP contribution in [0, 0.1) is 18.8 Å². The van der Waals surface area contributed by atoms with Gasteiger partial charge in [0, 0.05) is 17.6 Å². The van der Waals surface area contributed by atoms with Crippen molar-refractivity contribution in [3.05, 3.63) is 47.2 Å². The third kappa shape index (κ3) is 3.33. The number of fused-ring (bicyclic) bond motifs is 3. The van der Waals surface area contributed by atoms with Crippen LogP contribution in [0.3, 0.4) is 0 Å². The Hall–Kier alpha value is -1.09. The van der Waals surface area contributed by atoms with Crippen molar-refractivity contribution in [2.24, 2.45) is 11.8 Å². The van der Waals surface area contributed by atoms with Gasteiger partial charge in [-0.15, -0.1) is 24.8 Å². The summed E-state index contributed by atoms with van der Waals surface area (Å²) >= 11 is 0. The van der Waals surface area contributed by atoms with Crippen LogP contribution >= 0.6 is 24.8 Å². The molecule has 0 spiro atoms. The van der Waals surface area contributed by atoms with Crippen molar-refractivity contribution in [1.82, 2.24) is 9.88 Å². The lowest BCUT2D eigenvalue weighted by molar-refractivity contribution is 0.423. The molecule has 24 heavy (non-hydrogen) atoms. The van der Waals surface area contributed by atoms with Crippen molar-refractivity contribution in [3.8, 4) is 0 Å². The van der Waals surface area contributed by atoms with Crippen molar-refractivity contribution in [3.63, 3.8) is 0 Å². The number of likely N-dealkylation sites (N-methyl/N-ethyl adjacent to an activating group) is 1. The number of allylic oxidation sites excluding steroid dienone is 1. The van der Waals surface area contributed by atoms with Crippen LogP contribution in [0.2, 0.25) is 0 Å². The van der Waals surface area contributed by atoms with Crippen LogP contribution in [0.4, 0.5) is 0 Å². The fourth-order valence-electron chi connectivity index (χ4n) is 4.41. The van der Waals surface area contributed by atoms with Gasteiger partial charge in [0.25, 0.3) is 0 Å². The van der Waals surface area contributed by atoms with Crippen LogP contribution in [-0.2, 0) is 0 Å². The normalized spacial score (nSPS) is 22.0. The molecule has 0 N–H and O–H groups in total. The molecule has 1 aromatic heterocycles. The molecule has 2 aromatic rings. The fourth-order valence-corrected chi connectivity index (χ4v) is 4.41. The van der Waals surface area contributed by atoms with Crippen LogP contribution in [0.5, 0.6) is 0 Å². The first kappa shape index (κ1) is 19.2. The maximum atomic E-state index is 4.63. The molecule has 1 saturated carbocycles. The maximum absolute atomic E-state index is 4.63. The Bertz CT molecular complexity index is 767. The van der Waals surface area contributed by atoms with Gasteiger partial charge >= 0.3 is 0 Å². The molecule has 1 aromatic carbocycles. The Balaban J connectivity index is 0.00000104. The number of hydrogen-bond donors (Lipinski definition) is 0. The van der Waals surface area contributed by atoms with E-state index in [0.29, 0.717) is 0 Å². The predicted octanol–water partition coefficient (Wildman–Crippen LogP) is 5.13. The van der Waals surface area contributed by atoms with Crippen molar-refractivity contribution >= 4 is 41.3 Å². The molecule has 2 aliphatic rings. The summed E-state index contributed by atoms with van der Waals surface area (Å²) in [6, 6.07) is 11.2. The first-order valence-corrected chi connectivity index (χ1v) is 8.37. The zero-order valence-electron chi connectivity index (χ0n) is 14.6. The number of aromatic nitrogens is 1. The van der Waals surface area contributed by atoms with E-state index in [1.54, 1.807) is 11.1 Å². The number of pyridine rings is 1. The molecule has 0 radical (unpaired) electrons. The van der Waals surface area contributed by atoms with Gasteiger partial charge < -0.3 is 4.90 Å². The van der Waals surface area contributed by atoms with Gasteiger partial charge in [0.2, 0.25) is 0 Å². The molecule has 2 aliphatic carbocycles. The monoisotopic (exact) mass is 364 g/mol. The Kier molecular flexibility index (Phi) is 5.95. The van der Waals surface area contributed by atoms with E-state index in [4.69, 9.17) is 0 Å². The van der Waals surface area contributed by atoms with Gasteiger partial charge in [0.1, 0.15) is 0 Å². The summed E-state index contributed by atoms with van der Waals surface area (Å²) in [6.45, 7) is 3.17. The molecule has 130 valence electrons. The summed E-state index contributed by atoms with van der Waals surface area (Å²) in [4.78, 5) is 6.96. The highest BCUT2D eigenvalue weighted by Crippen LogP contribution is 2.52. The lowest BCUT2D eigenvalue weighted by atomic mass is 9.86. The Morgan fingerprint density at radius 2 is 1.79 bits per heavy atom. The summed E-state index contributed by atoms with van der Waals surface area (Å²) in [5, 5.41) is 1.27. The van der Waals surface area contributed by atoms with E-state index >= 15 is 0 Å². The van der Waals surface area contributed by atoms with Crippen LogP contribution in [-0.4, -0.2) is 30.5 Å². The van der Waals surface area contributed by atoms with Crippen molar-refractivity contribution < 1.29 is 0 Å². The summed E-state index contributed by atoms with van der Waals surface area (Å²) < 4.78 is 0. The van der Waals surface area contributed by atoms with E-state index in [1.165, 1.54) is 30.2 Å². The smallest absolute Gasteiger partial charge is 0.0705 e. The molecule has 0 aliphatic heterocycles. The minimum absolute atomic E-state index is 0. The third-order valence-corrected chi connectivity index (χ3v) is 5.31. The van der Waals surface area contributed by atoms with Crippen LogP contribution in [0.25, 0.3) is 16.5 Å². The minimum atomic E-state index is 0. The average Bonchev–Trinajstić information content (AvgIpc) is 3.07. The second-order valence-corrected chi connectivity index (χ2v) is 7.24. The van der Waals surface area contributed by atoms with E-state index in [-0.39, 0.29) is 24.8 Å². The van der Waals surface area contributed by atoms with Crippen molar-refractivity contribution in [1.29, 1.82) is 0 Å². The van der Waals surface area contributed by atoms with Crippen LogP contribution in [0.1, 0.15) is 30.5 Å². The van der Waals surface area contributed by atoms with E-state index in [0.717, 1.165) is 29.6 Å². The zero-order valence-corrected chi connectivity index (χ0v) is 16.2. The first-order valence-electron chi connectivity index (χ1n) is 8.37. The molecule has 2 atom stereocenters. The number of hydrogen-bond acceptors (Lipinski definition) is 2. The topological polar surface area (TPSA) is 16.1 Å². The van der Waals surface area contributed by atoms with Gasteiger partial charge in [-0.3, -0.25) is 4.98 Å². The summed E-state index contributed by atoms with van der Waals surface area (Å²) in [5.41, 5.74) is 6.98. The molecule has 0 saturated heterocycles. The van der Waals surface area contributed by atoms with E-state index in [9.17, 15) is 0 Å². The largest absolute Gasteiger partial charge is 0.305 e. The molecular formula is C20H26Cl2N2. The molecule has 1 fully saturated rings. The highest BCUT2D eigenvalue weighted by molar-refractivity contribution is 5.86. The van der Waals surface area contributed by atoms with Gasteiger partial charge in [0.05, 0.1) is 5.52 Å². The quantitative estimate of drug-likeness (QED) is 0.749. The lowest BCUT2D eigenvalue weighted by Gasteiger charge is -2.23. The molecule has 4 heteroatoms. The van der Waals surface area contributed by atoms with Crippen molar-refractivity contribution in [2.75, 3.05) is 20.6 Å². The highest BCUT2D eigenvalue weighted by Gasteiger charge is 2.39. The van der Waals surface area contributed by atoms with Gasteiger partial charge in [-0.25, -0.2) is 0 Å². The van der Waals surface area contributed by atoms with Gasteiger partial charge in [-0.1, -0.05) is 12.1 Å². The second kappa shape index (κ2) is 7.43. The molecular weight excluding hydrogens is 339 g/mol. The van der Waals surface area contributed by atoms with E-state index in [1.807, 2.05) is 0 Å². The van der Waals surface area contributed by atoms with Gasteiger partial charge in [-0.2, -0.15) is 0 Å². The Morgan fingerprint density at radius 3 is 2.54 bits per heavy atom. The molecule has 1 heterocycles. The second-order valence-electron chi connectivity index (χ2n) is 7.24. The minimum Gasteiger partial charge on any atom is -0.305 e.